The summed E-state index contributed by atoms with van der Waals surface area (Å²) in [5, 5.41) is 53.5. The van der Waals surface area contributed by atoms with E-state index in [-0.39, 0.29) is 156 Å². The van der Waals surface area contributed by atoms with Crippen LogP contribution in [0.4, 0.5) is 9.18 Å². The molecule has 17 N–H and O–H groups in total. The number of imide groups is 1. The van der Waals surface area contributed by atoms with Gasteiger partial charge in [-0.15, -0.1) is 0 Å². The number of cyclic esters (lactones) is 1. The fourth-order valence-corrected chi connectivity index (χ4v) is 13.2. The molecule has 3 aliphatic heterocycles. The third kappa shape index (κ3) is 18.6. The zero-order chi connectivity index (χ0) is 74.4. The first-order chi connectivity index (χ1) is 49.1. The van der Waals surface area contributed by atoms with Crippen molar-refractivity contribution in [2.75, 3.05) is 26.2 Å². The Labute approximate surface area is 589 Å². The van der Waals surface area contributed by atoms with Gasteiger partial charge < -0.3 is 84.4 Å². The maximum Gasteiger partial charge on any atom is 0.343 e. The minimum atomic E-state index is -2.12. The number of phenolic OH excluding ortho intramolecular Hbond substituents is 1. The van der Waals surface area contributed by atoms with Gasteiger partial charge >= 0.3 is 18.0 Å². The number of pyridine rings is 2. The first-order valence-electron chi connectivity index (χ1n) is 34.0. The number of carbonyl (C=O) groups is 12. The number of aromatic nitrogens is 2. The van der Waals surface area contributed by atoms with E-state index in [2.05, 4.69) is 47.5 Å². The number of primary amides is 1. The summed E-state index contributed by atoms with van der Waals surface area (Å²) in [7, 11) is 0. The summed E-state index contributed by atoms with van der Waals surface area (Å²) in [6.45, 7) is 2.13. The number of ether oxygens (including phenoxy) is 1. The van der Waals surface area contributed by atoms with Crippen molar-refractivity contribution in [3.63, 3.8) is 0 Å². The number of likely N-dealkylation sites (tertiary alicyclic amines) is 1. The van der Waals surface area contributed by atoms with Crippen LogP contribution in [0.3, 0.4) is 0 Å². The Balaban J connectivity index is 0.902. The molecule has 9 rings (SSSR count). The average Bonchev–Trinajstić information content (AvgIpc) is 1.61. The molecule has 0 radical (unpaired) electrons. The average molecular weight is 1430 g/mol. The van der Waals surface area contributed by atoms with Crippen LogP contribution in [0.5, 0.6) is 5.75 Å². The van der Waals surface area contributed by atoms with Gasteiger partial charge in [0.05, 0.1) is 35.1 Å². The zero-order valence-corrected chi connectivity index (χ0v) is 56.8. The van der Waals surface area contributed by atoms with Crippen LogP contribution in [-0.2, 0) is 95.5 Å². The molecule has 32 nitrogen and oxygen atoms in total. The van der Waals surface area contributed by atoms with E-state index in [4.69, 9.17) is 26.9 Å². The molecule has 7 atom stereocenters. The zero-order valence-electron chi connectivity index (χ0n) is 56.8. The molecule has 1 aliphatic carbocycles. The van der Waals surface area contributed by atoms with Gasteiger partial charge in [0.15, 0.2) is 11.6 Å². The van der Waals surface area contributed by atoms with Crippen LogP contribution in [0.15, 0.2) is 76.5 Å². The van der Waals surface area contributed by atoms with Gasteiger partial charge in [0.25, 0.3) is 5.56 Å². The number of amides is 11. The van der Waals surface area contributed by atoms with E-state index >= 15 is 4.39 Å². The number of halogens is 1. The number of benzene rings is 3. The Hall–Kier alpha value is -11.4. The van der Waals surface area contributed by atoms with Crippen LogP contribution in [0.25, 0.3) is 22.3 Å². The van der Waals surface area contributed by atoms with Gasteiger partial charge in [0.2, 0.25) is 53.2 Å². The molecule has 5 aromatic rings. The molecule has 33 heteroatoms. The lowest BCUT2D eigenvalue weighted by Gasteiger charge is -2.31. The van der Waals surface area contributed by atoms with Crippen molar-refractivity contribution in [3.05, 3.63) is 127 Å². The maximum absolute atomic E-state index is 15.7. The second-order valence-electron chi connectivity index (χ2n) is 25.8. The molecule has 1 saturated heterocycles. The number of guanidine groups is 1. The molecule has 0 spiro atoms. The highest BCUT2D eigenvalue weighted by atomic mass is 19.1. The van der Waals surface area contributed by atoms with E-state index < -0.39 is 144 Å². The lowest BCUT2D eigenvalue weighted by atomic mass is 9.81. The molecule has 0 unspecified atom stereocenters. The standard InChI is InChI=1S/C70H84FN15O17/c1-3-70(102)43-31-52-60-41(33-85(52)65(97)42(43)35-103-67(70)100)59-45(21-20-40-36(2)44(71)32-49(81-60)58(40)59)78-53(88)22-23-54(89)80-50(29-37-11-5-4-6-12-37)64(96)83-48(15-10-28-77-69(74)101)62(94)82-47(63(95)84-51(66(98)99)30-38-16-18-39(87)19-17-38)13-7-8-26-75-61(93)46(14-9-27-76-68(72)73)79-55(90)34-86-56(91)24-25-57(86)92/h4-6,11-12,16-19,31-32,45-48,50-51,87,102H,3,7-10,13-15,20-30,33-35H2,1-2H3,(H,75,93)(H,78,88)(H,79,90)(H,80,89)(H,82,94)(H,83,96)(H,84,95)(H,98,99)(H4,72,73,76)(H3,74,77,101)/t45-,46-,47-,48-,50-,51-,70-/m0/s1. The Morgan fingerprint density at radius 2 is 1.30 bits per heavy atom. The number of hydrogen-bond acceptors (Lipinski definition) is 18. The number of carboxylic acid groups (broad SMARTS) is 1. The number of carboxylic acids is 1. The number of aliphatic imine (C=N–C) groups is 1. The molecule has 4 aliphatic rings. The van der Waals surface area contributed by atoms with Gasteiger partial charge in [-0.3, -0.25) is 57.8 Å². The monoisotopic (exact) mass is 1430 g/mol. The largest absolute Gasteiger partial charge is 0.508 e. The molecular weight excluding hydrogens is 1340 g/mol. The fourth-order valence-electron chi connectivity index (χ4n) is 13.2. The molecule has 548 valence electrons. The van der Waals surface area contributed by atoms with Gasteiger partial charge in [-0.1, -0.05) is 49.4 Å². The predicted molar refractivity (Wildman–Crippen MR) is 366 cm³/mol. The summed E-state index contributed by atoms with van der Waals surface area (Å²) >= 11 is 0. The molecule has 103 heavy (non-hydrogen) atoms. The summed E-state index contributed by atoms with van der Waals surface area (Å²) in [4.78, 5) is 185. The van der Waals surface area contributed by atoms with E-state index in [1.807, 2.05) is 0 Å². The van der Waals surface area contributed by atoms with Crippen LogP contribution in [0, 0.1) is 12.7 Å². The molecule has 0 saturated carbocycles. The van der Waals surface area contributed by atoms with Crippen molar-refractivity contribution in [1.29, 1.82) is 0 Å². The van der Waals surface area contributed by atoms with Crippen molar-refractivity contribution >= 4 is 88.0 Å². The third-order valence-corrected chi connectivity index (χ3v) is 18.7. The fraction of sp³-hybridized carbons (Fsp3) is 0.443. The highest BCUT2D eigenvalue weighted by molar-refractivity contribution is 6.05. The number of rotatable bonds is 34. The first-order valence-corrected chi connectivity index (χ1v) is 34.0. The van der Waals surface area contributed by atoms with Gasteiger partial charge in [-0.2, -0.15) is 0 Å². The number of nitrogens with one attached hydrogen (secondary N) is 8. The van der Waals surface area contributed by atoms with Crippen LogP contribution in [0.2, 0.25) is 0 Å². The third-order valence-electron chi connectivity index (χ3n) is 18.7. The van der Waals surface area contributed by atoms with Gasteiger partial charge in [0, 0.05) is 80.7 Å². The summed E-state index contributed by atoms with van der Waals surface area (Å²) in [6.07, 6.45) is -0.901. The first kappa shape index (κ1) is 75.8. The Morgan fingerprint density at radius 3 is 1.96 bits per heavy atom. The van der Waals surface area contributed by atoms with Crippen molar-refractivity contribution in [3.8, 4) is 17.1 Å². The lowest BCUT2D eigenvalue weighted by molar-refractivity contribution is -0.172. The molecule has 5 heterocycles. The number of unbranched alkanes of at least 4 members (excludes halogenated alkanes) is 1. The number of hydrogen-bond donors (Lipinski definition) is 14. The van der Waals surface area contributed by atoms with E-state index in [0.717, 1.165) is 4.90 Å². The SMILES string of the molecule is CC[C@@]1(O)C(=O)OCc2c1cc1n(c2=O)Cc2c-1nc1cc(F)c(C)c3c1c2[C@@H](NC(=O)CCC(=O)N[C@@H](Cc1ccccc1)C(=O)N[C@@H](CCCNC(N)=O)C(=O)N[C@@H](CCCCNC(=O)[C@H](CCCN=C(N)N)NC(=O)CN1C(=O)CCC1=O)C(=O)N[C@@H](Cc1ccc(O)cc1)C(=O)O)CC3. The second kappa shape index (κ2) is 33.9. The number of urea groups is 1. The van der Waals surface area contributed by atoms with Gasteiger partial charge in [-0.25, -0.2) is 23.8 Å². The predicted octanol–water partition coefficient (Wildman–Crippen LogP) is 0.0480. The number of aliphatic hydroxyl groups is 1. The molecule has 1 fully saturated rings. The Morgan fingerprint density at radius 1 is 0.699 bits per heavy atom. The van der Waals surface area contributed by atoms with Crippen LogP contribution >= 0.6 is 0 Å². The van der Waals surface area contributed by atoms with E-state index in [9.17, 15) is 77.6 Å². The quantitative estimate of drug-likeness (QED) is 0.00834. The number of fused-ring (bicyclic) bond motifs is 5. The minimum Gasteiger partial charge on any atom is -0.508 e. The summed E-state index contributed by atoms with van der Waals surface area (Å²) in [5.41, 5.74) is 17.7. The summed E-state index contributed by atoms with van der Waals surface area (Å²) in [5.74, 6) is -9.90. The number of esters is 1. The lowest BCUT2D eigenvalue weighted by Crippen LogP contribution is -2.58. The highest BCUT2D eigenvalue weighted by Crippen LogP contribution is 2.46. The second-order valence-corrected chi connectivity index (χ2v) is 25.8. The minimum absolute atomic E-state index is 0.00571. The van der Waals surface area contributed by atoms with Crippen LogP contribution in [0.1, 0.15) is 141 Å². The number of nitrogens with two attached hydrogens (primary N) is 3. The molecule has 11 amide bonds. The van der Waals surface area contributed by atoms with E-state index in [1.165, 1.54) is 41.0 Å². The summed E-state index contributed by atoms with van der Waals surface area (Å²) < 4.78 is 22.4. The van der Waals surface area contributed by atoms with Crippen molar-refractivity contribution in [1.82, 2.24) is 57.0 Å². The van der Waals surface area contributed by atoms with E-state index in [0.29, 0.717) is 45.2 Å². The normalized spacial score (nSPS) is 17.0. The van der Waals surface area contributed by atoms with Gasteiger partial charge in [-0.05, 0) is 117 Å². The van der Waals surface area contributed by atoms with Crippen molar-refractivity contribution < 1.29 is 82.0 Å². The Kier molecular flexibility index (Phi) is 24.9. The van der Waals surface area contributed by atoms with E-state index in [1.54, 1.807) is 44.2 Å². The van der Waals surface area contributed by atoms with Crippen molar-refractivity contribution in [2.45, 2.75) is 172 Å². The van der Waals surface area contributed by atoms with Crippen LogP contribution in [-0.4, -0.2) is 163 Å². The molecular formula is C70H84FN15O17. The van der Waals surface area contributed by atoms with Crippen LogP contribution < -0.4 is 65.3 Å². The molecule has 2 aromatic heterocycles. The smallest absolute Gasteiger partial charge is 0.343 e. The number of aromatic hydroxyl groups is 1. The number of carbonyl (C=O) groups excluding carboxylic acids is 11. The number of phenols is 1. The van der Waals surface area contributed by atoms with Crippen molar-refractivity contribution in [2.24, 2.45) is 22.2 Å². The molecule has 3 aromatic carbocycles. The number of aliphatic carboxylic acids is 1. The topological polar surface area (TPSA) is 500 Å². The maximum atomic E-state index is 15.7. The highest BCUT2D eigenvalue weighted by Gasteiger charge is 2.46. The Bertz CT molecular complexity index is 4230. The number of nitrogens with zero attached hydrogens (tertiary/aromatic N) is 4. The number of aryl methyl sites for hydroxylation is 1. The molecule has 0 bridgehead atoms. The van der Waals surface area contributed by atoms with Gasteiger partial charge in [0.1, 0.15) is 54.9 Å². The summed E-state index contributed by atoms with van der Waals surface area (Å²) in [6, 6.07) is 7.97.